The van der Waals surface area contributed by atoms with Gasteiger partial charge in [0, 0.05) is 45.5 Å². The van der Waals surface area contributed by atoms with Gasteiger partial charge in [0.2, 0.25) is 0 Å². The maximum absolute atomic E-state index is 5.14. The Bertz CT molecular complexity index is 2360. The van der Waals surface area contributed by atoms with Gasteiger partial charge in [0.05, 0.1) is 40.2 Å². The van der Waals surface area contributed by atoms with E-state index in [-0.39, 0.29) is 0 Å². The van der Waals surface area contributed by atoms with Gasteiger partial charge in [-0.1, -0.05) is 98.8 Å². The molecule has 0 bridgehead atoms. The monoisotopic (exact) mass is 609 g/mol. The molecule has 0 saturated heterocycles. The Morgan fingerprint density at radius 3 is 2.28 bits per heavy atom. The molecule has 5 heteroatoms. The van der Waals surface area contributed by atoms with Crippen LogP contribution in [-0.4, -0.2) is 26.5 Å². The molecule has 0 amide bonds. The van der Waals surface area contributed by atoms with Crippen molar-refractivity contribution in [2.24, 2.45) is 9.98 Å². The van der Waals surface area contributed by atoms with E-state index in [2.05, 4.69) is 129 Å². The molecule has 47 heavy (non-hydrogen) atoms. The number of hydrogen-bond donors (Lipinski definition) is 0. The highest BCUT2D eigenvalue weighted by Gasteiger charge is 2.18. The lowest BCUT2D eigenvalue weighted by Gasteiger charge is -2.13. The lowest BCUT2D eigenvalue weighted by molar-refractivity contribution is 1.05. The first-order valence-corrected chi connectivity index (χ1v) is 16.0. The van der Waals surface area contributed by atoms with Gasteiger partial charge in [0.15, 0.2) is 0 Å². The maximum Gasteiger partial charge on any atom is 0.0928 e. The van der Waals surface area contributed by atoms with E-state index < -0.39 is 0 Å². The molecule has 228 valence electrons. The van der Waals surface area contributed by atoms with Crippen molar-refractivity contribution >= 4 is 50.8 Å². The highest BCUT2D eigenvalue weighted by Crippen LogP contribution is 2.38. The van der Waals surface area contributed by atoms with E-state index in [1.807, 2.05) is 56.3 Å². The summed E-state index contributed by atoms with van der Waals surface area (Å²) in [5, 5.41) is 3.65. The molecule has 0 aliphatic carbocycles. The zero-order valence-corrected chi connectivity index (χ0v) is 26.6. The van der Waals surface area contributed by atoms with Gasteiger partial charge in [-0.2, -0.15) is 0 Å². The van der Waals surface area contributed by atoms with Crippen LogP contribution in [0, 0.1) is 0 Å². The summed E-state index contributed by atoms with van der Waals surface area (Å²) in [6.07, 6.45) is 3.96. The van der Waals surface area contributed by atoms with Crippen molar-refractivity contribution in [1.29, 1.82) is 0 Å². The van der Waals surface area contributed by atoms with Crippen molar-refractivity contribution in [1.82, 2.24) is 14.1 Å². The van der Waals surface area contributed by atoms with Crippen LogP contribution in [0.25, 0.3) is 44.1 Å². The van der Waals surface area contributed by atoms with Crippen LogP contribution in [0.4, 0.5) is 5.69 Å². The lowest BCUT2D eigenvalue weighted by Crippen LogP contribution is -2.07. The van der Waals surface area contributed by atoms with Gasteiger partial charge >= 0.3 is 0 Å². The molecule has 3 aromatic heterocycles. The Morgan fingerprint density at radius 2 is 1.45 bits per heavy atom. The summed E-state index contributed by atoms with van der Waals surface area (Å²) in [5.41, 5.74) is 10.2. The normalized spacial score (nSPS) is 11.5. The Kier molecular flexibility index (Phi) is 8.27. The van der Waals surface area contributed by atoms with E-state index in [9.17, 15) is 0 Å². The SMILES string of the molecule is C=Nc1ccccc1C(=NCc1cccc(-n2c3ccccc3c3ccc4ccn(-c5ccccc5)c4c32)c1)c1ccccn1.CC. The van der Waals surface area contributed by atoms with Gasteiger partial charge < -0.3 is 9.13 Å². The summed E-state index contributed by atoms with van der Waals surface area (Å²) >= 11 is 0. The smallest absolute Gasteiger partial charge is 0.0928 e. The first-order chi connectivity index (χ1) is 23.3. The predicted octanol–water partition coefficient (Wildman–Crippen LogP) is 10.5. The minimum absolute atomic E-state index is 0.484. The van der Waals surface area contributed by atoms with Crippen LogP contribution in [0.15, 0.2) is 162 Å². The van der Waals surface area contributed by atoms with Gasteiger partial charge in [-0.25, -0.2) is 0 Å². The Morgan fingerprint density at radius 1 is 0.681 bits per heavy atom. The fourth-order valence-electron chi connectivity index (χ4n) is 6.33. The highest BCUT2D eigenvalue weighted by molar-refractivity contribution is 6.18. The highest BCUT2D eigenvalue weighted by atomic mass is 15.0. The van der Waals surface area contributed by atoms with Crippen LogP contribution in [0.1, 0.15) is 30.7 Å². The van der Waals surface area contributed by atoms with Crippen molar-refractivity contribution < 1.29 is 0 Å². The number of hydrogen-bond acceptors (Lipinski definition) is 3. The van der Waals surface area contributed by atoms with Crippen LogP contribution in [-0.2, 0) is 6.54 Å². The van der Waals surface area contributed by atoms with E-state index in [1.165, 1.54) is 32.7 Å². The predicted molar refractivity (Wildman–Crippen MR) is 198 cm³/mol. The third-order valence-electron chi connectivity index (χ3n) is 8.35. The average molecular weight is 610 g/mol. The van der Waals surface area contributed by atoms with Crippen molar-refractivity contribution in [3.05, 3.63) is 169 Å². The summed E-state index contributed by atoms with van der Waals surface area (Å²) in [6.45, 7) is 8.27. The quantitative estimate of drug-likeness (QED) is 0.166. The number of aliphatic imine (C=N–C) groups is 2. The van der Waals surface area contributed by atoms with Crippen molar-refractivity contribution in [3.8, 4) is 11.4 Å². The standard InChI is InChI=1S/C40H29N5.C2H6/c1-41-35-18-7-5-17-34(35)38(36-19-9-10-24-42-36)43-27-28-12-11-15-31(26-28)45-37-20-8-6-16-32(37)33-22-21-29-23-25-44(39(29)40(33)45)30-13-3-2-4-14-30;1-2/h2-26H,1,27H2;1-2H3. The number of nitrogens with zero attached hydrogens (tertiary/aromatic N) is 5. The number of pyridine rings is 1. The molecular weight excluding hydrogens is 574 g/mol. The molecular formula is C42H35N5. The van der Waals surface area contributed by atoms with Crippen LogP contribution in [0.5, 0.6) is 0 Å². The third-order valence-corrected chi connectivity index (χ3v) is 8.35. The number of rotatable bonds is 7. The Balaban J connectivity index is 0.00000172. The zero-order chi connectivity index (χ0) is 32.2. The second-order valence-corrected chi connectivity index (χ2v) is 11.0. The first kappa shape index (κ1) is 29.6. The summed E-state index contributed by atoms with van der Waals surface area (Å²) in [5.74, 6) is 0. The van der Waals surface area contributed by atoms with E-state index in [0.717, 1.165) is 39.6 Å². The van der Waals surface area contributed by atoms with Crippen molar-refractivity contribution in [3.63, 3.8) is 0 Å². The molecule has 0 spiro atoms. The first-order valence-electron chi connectivity index (χ1n) is 16.0. The van der Waals surface area contributed by atoms with Gasteiger partial charge in [-0.15, -0.1) is 0 Å². The van der Waals surface area contributed by atoms with Crippen LogP contribution < -0.4 is 0 Å². The molecule has 0 atom stereocenters. The molecule has 5 aromatic carbocycles. The van der Waals surface area contributed by atoms with Gasteiger partial charge in [0.1, 0.15) is 0 Å². The van der Waals surface area contributed by atoms with Gasteiger partial charge in [-0.3, -0.25) is 15.0 Å². The van der Waals surface area contributed by atoms with Gasteiger partial charge in [0.25, 0.3) is 0 Å². The van der Waals surface area contributed by atoms with E-state index >= 15 is 0 Å². The molecule has 0 aliphatic heterocycles. The fraction of sp³-hybridized carbons (Fsp3) is 0.0714. The minimum atomic E-state index is 0.484. The summed E-state index contributed by atoms with van der Waals surface area (Å²) in [4.78, 5) is 14.0. The molecule has 0 radical (unpaired) electrons. The number of aromatic nitrogens is 3. The van der Waals surface area contributed by atoms with E-state index in [0.29, 0.717) is 6.54 Å². The fourth-order valence-corrected chi connectivity index (χ4v) is 6.33. The summed E-state index contributed by atoms with van der Waals surface area (Å²) in [6, 6.07) is 48.4. The number of para-hydroxylation sites is 3. The molecule has 0 aliphatic rings. The summed E-state index contributed by atoms with van der Waals surface area (Å²) < 4.78 is 4.70. The topological polar surface area (TPSA) is 47.5 Å². The second-order valence-electron chi connectivity index (χ2n) is 11.0. The van der Waals surface area contributed by atoms with E-state index in [1.54, 1.807) is 6.20 Å². The van der Waals surface area contributed by atoms with Gasteiger partial charge in [-0.05, 0) is 66.9 Å². The number of benzene rings is 5. The molecule has 5 nitrogen and oxygen atoms in total. The van der Waals surface area contributed by atoms with Crippen LogP contribution in [0.3, 0.4) is 0 Å². The minimum Gasteiger partial charge on any atom is -0.315 e. The van der Waals surface area contributed by atoms with E-state index in [4.69, 9.17) is 4.99 Å². The van der Waals surface area contributed by atoms with Crippen molar-refractivity contribution in [2.45, 2.75) is 20.4 Å². The molecule has 0 N–H and O–H groups in total. The lowest BCUT2D eigenvalue weighted by atomic mass is 10.0. The zero-order valence-electron chi connectivity index (χ0n) is 26.6. The average Bonchev–Trinajstić information content (AvgIpc) is 3.73. The largest absolute Gasteiger partial charge is 0.315 e. The Labute approximate surface area is 274 Å². The van der Waals surface area contributed by atoms with Crippen molar-refractivity contribution in [2.75, 3.05) is 0 Å². The number of fused-ring (bicyclic) bond motifs is 5. The summed E-state index contributed by atoms with van der Waals surface area (Å²) in [7, 11) is 0. The second kappa shape index (κ2) is 13.1. The molecule has 8 rings (SSSR count). The third kappa shape index (κ3) is 5.42. The molecule has 0 unspecified atom stereocenters. The molecule has 3 heterocycles. The molecule has 8 aromatic rings. The van der Waals surface area contributed by atoms with Crippen LogP contribution in [0.2, 0.25) is 0 Å². The molecule has 0 saturated carbocycles. The maximum atomic E-state index is 5.14. The molecule has 0 fully saturated rings. The van der Waals surface area contributed by atoms with Crippen LogP contribution >= 0.6 is 0 Å². The Hall–Kier alpha value is -6.07.